The summed E-state index contributed by atoms with van der Waals surface area (Å²) in [6.07, 6.45) is -3.74. The Morgan fingerprint density at radius 2 is 1.94 bits per heavy atom. The number of methoxy groups -OCH3 is 1. The summed E-state index contributed by atoms with van der Waals surface area (Å²) in [7, 11) is 1.53. The maximum Gasteiger partial charge on any atom is 0.417 e. The predicted molar refractivity (Wildman–Crippen MR) is 115 cm³/mol. The SMILES string of the molecule is COc1ccc2c(c1)nc(Sc1ncc(C(F)(F)F)cc1Cl)n2CCC(=O)OC(C)(C)C. The van der Waals surface area contributed by atoms with E-state index in [1.165, 1.54) is 7.11 Å². The standard InChI is InChI=1S/C21H21ClF3N3O3S/c1-20(2,3)31-17(29)7-8-28-16-6-5-13(30-4)10-15(16)27-19(28)32-18-14(22)9-12(11-26-18)21(23,24)25/h5-6,9-11H,7-8H2,1-4H3. The molecule has 11 heteroatoms. The van der Waals surface area contributed by atoms with Crippen LogP contribution in [0, 0.1) is 0 Å². The lowest BCUT2D eigenvalue weighted by Gasteiger charge is -2.19. The van der Waals surface area contributed by atoms with E-state index < -0.39 is 17.3 Å². The molecule has 0 aliphatic rings. The van der Waals surface area contributed by atoms with Crippen molar-refractivity contribution in [1.29, 1.82) is 0 Å². The summed E-state index contributed by atoms with van der Waals surface area (Å²) in [5, 5.41) is 0.444. The Labute approximate surface area is 192 Å². The number of ether oxygens (including phenoxy) is 2. The number of fused-ring (bicyclic) bond motifs is 1. The molecule has 0 bridgehead atoms. The topological polar surface area (TPSA) is 66.2 Å². The monoisotopic (exact) mass is 487 g/mol. The fourth-order valence-electron chi connectivity index (χ4n) is 2.85. The summed E-state index contributed by atoms with van der Waals surface area (Å²) in [5.74, 6) is 0.214. The number of halogens is 4. The van der Waals surface area contributed by atoms with Gasteiger partial charge in [-0.15, -0.1) is 0 Å². The van der Waals surface area contributed by atoms with Gasteiger partial charge in [0, 0.05) is 18.8 Å². The van der Waals surface area contributed by atoms with Crippen LogP contribution in [-0.2, 0) is 22.3 Å². The molecule has 2 heterocycles. The van der Waals surface area contributed by atoms with Crippen molar-refractivity contribution in [2.24, 2.45) is 0 Å². The first-order chi connectivity index (χ1) is 14.9. The Morgan fingerprint density at radius 1 is 1.22 bits per heavy atom. The molecule has 0 spiro atoms. The van der Waals surface area contributed by atoms with Crippen LogP contribution in [0.3, 0.4) is 0 Å². The third-order valence-corrected chi connectivity index (χ3v) is 5.62. The number of alkyl halides is 3. The molecule has 2 aromatic heterocycles. The summed E-state index contributed by atoms with van der Waals surface area (Å²) in [4.78, 5) is 20.6. The second-order valence-corrected chi connectivity index (χ2v) is 9.21. The lowest BCUT2D eigenvalue weighted by molar-refractivity contribution is -0.155. The quantitative estimate of drug-likeness (QED) is 0.397. The minimum atomic E-state index is -4.54. The van der Waals surface area contributed by atoms with E-state index in [1.54, 1.807) is 43.5 Å². The molecule has 172 valence electrons. The first kappa shape index (κ1) is 24.2. The highest BCUT2D eigenvalue weighted by atomic mass is 35.5. The lowest BCUT2D eigenvalue weighted by atomic mass is 10.2. The van der Waals surface area contributed by atoms with E-state index >= 15 is 0 Å². The van der Waals surface area contributed by atoms with Crippen LogP contribution in [0.1, 0.15) is 32.8 Å². The van der Waals surface area contributed by atoms with Crippen LogP contribution in [-0.4, -0.2) is 33.2 Å². The number of hydrogen-bond acceptors (Lipinski definition) is 6. The van der Waals surface area contributed by atoms with E-state index in [4.69, 9.17) is 21.1 Å². The summed E-state index contributed by atoms with van der Waals surface area (Å²) in [6.45, 7) is 5.59. The number of imidazole rings is 1. The molecular formula is C21H21ClF3N3O3S. The Bertz CT molecular complexity index is 1140. The normalized spacial score (nSPS) is 12.2. The van der Waals surface area contributed by atoms with Crippen LogP contribution in [0.5, 0.6) is 5.75 Å². The molecular weight excluding hydrogens is 467 g/mol. The minimum Gasteiger partial charge on any atom is -0.497 e. The fourth-order valence-corrected chi connectivity index (χ4v) is 4.01. The van der Waals surface area contributed by atoms with Crippen LogP contribution in [0.15, 0.2) is 40.6 Å². The van der Waals surface area contributed by atoms with Gasteiger partial charge in [0.05, 0.1) is 35.2 Å². The highest BCUT2D eigenvalue weighted by Gasteiger charge is 2.32. The van der Waals surface area contributed by atoms with Crippen LogP contribution in [0.4, 0.5) is 13.2 Å². The molecule has 0 saturated heterocycles. The highest BCUT2D eigenvalue weighted by molar-refractivity contribution is 7.99. The number of carbonyl (C=O) groups is 1. The van der Waals surface area contributed by atoms with Crippen molar-refractivity contribution < 1.29 is 27.4 Å². The average molecular weight is 488 g/mol. The molecule has 0 saturated carbocycles. The first-order valence-electron chi connectivity index (χ1n) is 9.54. The van der Waals surface area contributed by atoms with Gasteiger partial charge in [-0.3, -0.25) is 4.79 Å². The molecule has 32 heavy (non-hydrogen) atoms. The van der Waals surface area contributed by atoms with Gasteiger partial charge in [-0.05, 0) is 50.7 Å². The highest BCUT2D eigenvalue weighted by Crippen LogP contribution is 2.37. The van der Waals surface area contributed by atoms with E-state index in [2.05, 4.69) is 9.97 Å². The van der Waals surface area contributed by atoms with Crippen molar-refractivity contribution in [3.63, 3.8) is 0 Å². The smallest absolute Gasteiger partial charge is 0.417 e. The number of esters is 1. The van der Waals surface area contributed by atoms with Crippen LogP contribution < -0.4 is 4.74 Å². The Kier molecular flexibility index (Phi) is 6.94. The lowest BCUT2D eigenvalue weighted by Crippen LogP contribution is -2.24. The molecule has 0 radical (unpaired) electrons. The second-order valence-electron chi connectivity index (χ2n) is 7.85. The molecule has 0 aliphatic heterocycles. The van der Waals surface area contributed by atoms with Crippen molar-refractivity contribution in [1.82, 2.24) is 14.5 Å². The zero-order chi connectivity index (χ0) is 23.7. The maximum absolute atomic E-state index is 12.9. The summed E-state index contributed by atoms with van der Waals surface area (Å²) in [6, 6.07) is 6.10. The van der Waals surface area contributed by atoms with Crippen LogP contribution >= 0.6 is 23.4 Å². The molecule has 0 unspecified atom stereocenters. The van der Waals surface area contributed by atoms with Gasteiger partial charge in [0.25, 0.3) is 0 Å². The predicted octanol–water partition coefficient (Wildman–Crippen LogP) is 6.00. The van der Waals surface area contributed by atoms with Crippen molar-refractivity contribution in [3.8, 4) is 5.75 Å². The van der Waals surface area contributed by atoms with Gasteiger partial charge in [-0.1, -0.05) is 11.6 Å². The molecule has 6 nitrogen and oxygen atoms in total. The Morgan fingerprint density at radius 3 is 2.53 bits per heavy atom. The van der Waals surface area contributed by atoms with Gasteiger partial charge in [0.2, 0.25) is 0 Å². The molecule has 0 N–H and O–H groups in total. The van der Waals surface area contributed by atoms with Crippen molar-refractivity contribution in [3.05, 3.63) is 41.0 Å². The van der Waals surface area contributed by atoms with Gasteiger partial charge in [0.15, 0.2) is 5.16 Å². The van der Waals surface area contributed by atoms with E-state index in [0.717, 1.165) is 29.5 Å². The Balaban J connectivity index is 1.95. The zero-order valence-electron chi connectivity index (χ0n) is 17.8. The number of carbonyl (C=O) groups excluding carboxylic acids is 1. The van der Waals surface area contributed by atoms with Crippen molar-refractivity contribution in [2.45, 2.75) is 55.7 Å². The fraction of sp³-hybridized carbons (Fsp3) is 0.381. The number of pyridine rings is 1. The second kappa shape index (κ2) is 9.19. The number of rotatable bonds is 6. The number of benzene rings is 1. The molecule has 0 atom stereocenters. The molecule has 1 aromatic carbocycles. The van der Waals surface area contributed by atoms with Gasteiger partial charge >= 0.3 is 12.1 Å². The number of aromatic nitrogens is 3. The number of aryl methyl sites for hydroxylation is 1. The first-order valence-corrected chi connectivity index (χ1v) is 10.7. The minimum absolute atomic E-state index is 0.0799. The Hall–Kier alpha value is -2.46. The molecule has 0 fully saturated rings. The van der Waals surface area contributed by atoms with Gasteiger partial charge < -0.3 is 14.0 Å². The van der Waals surface area contributed by atoms with Crippen molar-refractivity contribution >= 4 is 40.4 Å². The number of nitrogens with zero attached hydrogens (tertiary/aromatic N) is 3. The summed E-state index contributed by atoms with van der Waals surface area (Å²) in [5.41, 5.74) is -0.231. The zero-order valence-corrected chi connectivity index (χ0v) is 19.4. The third kappa shape index (κ3) is 5.86. The van der Waals surface area contributed by atoms with E-state index in [-0.39, 0.29) is 29.0 Å². The third-order valence-electron chi connectivity index (χ3n) is 4.20. The van der Waals surface area contributed by atoms with E-state index in [1.807, 2.05) is 0 Å². The summed E-state index contributed by atoms with van der Waals surface area (Å²) < 4.78 is 51.1. The largest absolute Gasteiger partial charge is 0.497 e. The van der Waals surface area contributed by atoms with Gasteiger partial charge in [0.1, 0.15) is 16.4 Å². The van der Waals surface area contributed by atoms with E-state index in [0.29, 0.717) is 16.4 Å². The van der Waals surface area contributed by atoms with Gasteiger partial charge in [-0.2, -0.15) is 13.2 Å². The molecule has 3 rings (SSSR count). The molecule has 0 amide bonds. The maximum atomic E-state index is 12.9. The average Bonchev–Trinajstić information content (AvgIpc) is 3.01. The molecule has 0 aliphatic carbocycles. The summed E-state index contributed by atoms with van der Waals surface area (Å²) >= 11 is 7.08. The number of hydrogen-bond donors (Lipinski definition) is 0. The van der Waals surface area contributed by atoms with Crippen molar-refractivity contribution in [2.75, 3.05) is 7.11 Å². The van der Waals surface area contributed by atoms with E-state index in [9.17, 15) is 18.0 Å². The van der Waals surface area contributed by atoms with Crippen LogP contribution in [0.2, 0.25) is 5.02 Å². The van der Waals surface area contributed by atoms with Crippen LogP contribution in [0.25, 0.3) is 11.0 Å². The molecule has 3 aromatic rings. The van der Waals surface area contributed by atoms with Gasteiger partial charge in [-0.25, -0.2) is 9.97 Å².